The van der Waals surface area contributed by atoms with E-state index in [1.165, 1.54) is 22.9 Å². The number of aromatic nitrogens is 1. The lowest BCUT2D eigenvalue weighted by atomic mass is 10.3. The first-order chi connectivity index (χ1) is 10.1. The Bertz CT molecular complexity index is 686. The minimum absolute atomic E-state index is 0.00107. The second kappa shape index (κ2) is 5.47. The van der Waals surface area contributed by atoms with Crippen LogP contribution in [0.2, 0.25) is 0 Å². The lowest BCUT2D eigenvalue weighted by Crippen LogP contribution is -2.37. The zero-order valence-corrected chi connectivity index (χ0v) is 11.6. The van der Waals surface area contributed by atoms with Gasteiger partial charge >= 0.3 is 0 Å². The molecule has 1 amide bonds. The minimum atomic E-state index is -0.230. The van der Waals surface area contributed by atoms with Crippen molar-refractivity contribution in [2.75, 3.05) is 5.73 Å². The molecule has 1 saturated carbocycles. The number of nitrogens with two attached hydrogens (primary N) is 1. The van der Waals surface area contributed by atoms with Crippen LogP contribution in [0.25, 0.3) is 0 Å². The summed E-state index contributed by atoms with van der Waals surface area (Å²) in [5, 5.41) is 0. The average Bonchev–Trinajstić information content (AvgIpc) is 3.16. The molecule has 1 fully saturated rings. The second-order valence-electron chi connectivity index (χ2n) is 5.26. The number of hydrogen-bond donors (Lipinski definition) is 1. The van der Waals surface area contributed by atoms with Gasteiger partial charge in [-0.2, -0.15) is 0 Å². The number of carbonyl (C=O) groups is 1. The highest BCUT2D eigenvalue weighted by Gasteiger charge is 2.33. The maximum absolute atomic E-state index is 12.5. The summed E-state index contributed by atoms with van der Waals surface area (Å²) >= 11 is 0. The molecule has 6 nitrogen and oxygen atoms in total. The van der Waals surface area contributed by atoms with Gasteiger partial charge < -0.3 is 19.6 Å². The fraction of sp³-hybridized carbons (Fsp3) is 0.333. The SMILES string of the molecule is Nc1ccc(=O)n(CC(=O)N(Cc2ccco2)C2CC2)c1. The van der Waals surface area contributed by atoms with Gasteiger partial charge in [0, 0.05) is 24.0 Å². The number of furan rings is 1. The highest BCUT2D eigenvalue weighted by Crippen LogP contribution is 2.28. The summed E-state index contributed by atoms with van der Waals surface area (Å²) in [6, 6.07) is 6.80. The lowest BCUT2D eigenvalue weighted by Gasteiger charge is -2.21. The van der Waals surface area contributed by atoms with Crippen LogP contribution in [0.5, 0.6) is 0 Å². The molecule has 0 unspecified atom stereocenters. The van der Waals surface area contributed by atoms with Gasteiger partial charge in [-0.1, -0.05) is 0 Å². The van der Waals surface area contributed by atoms with E-state index in [4.69, 9.17) is 10.2 Å². The van der Waals surface area contributed by atoms with Crippen molar-refractivity contribution >= 4 is 11.6 Å². The normalized spacial score (nSPS) is 14.1. The number of pyridine rings is 1. The van der Waals surface area contributed by atoms with E-state index < -0.39 is 0 Å². The summed E-state index contributed by atoms with van der Waals surface area (Å²) in [7, 11) is 0. The topological polar surface area (TPSA) is 81.5 Å². The third-order valence-electron chi connectivity index (χ3n) is 3.53. The first-order valence-corrected chi connectivity index (χ1v) is 6.91. The van der Waals surface area contributed by atoms with Crippen LogP contribution in [0, 0.1) is 0 Å². The molecule has 0 radical (unpaired) electrons. The zero-order valence-electron chi connectivity index (χ0n) is 11.6. The Morgan fingerprint density at radius 3 is 2.86 bits per heavy atom. The standard InChI is InChI=1S/C15H17N3O3/c16-11-3-6-14(19)17(8-11)10-15(20)18(12-4-5-12)9-13-2-1-7-21-13/h1-3,6-8,12H,4-5,9-10,16H2. The molecule has 0 aliphatic heterocycles. The summed E-state index contributed by atoms with van der Waals surface area (Å²) in [6.45, 7) is 0.439. The van der Waals surface area contributed by atoms with Crippen LogP contribution in [0.3, 0.4) is 0 Å². The third kappa shape index (κ3) is 3.16. The summed E-state index contributed by atoms with van der Waals surface area (Å²) in [5.41, 5.74) is 5.90. The van der Waals surface area contributed by atoms with E-state index in [1.807, 2.05) is 6.07 Å². The van der Waals surface area contributed by atoms with Crippen LogP contribution in [-0.4, -0.2) is 21.4 Å². The molecule has 2 aromatic heterocycles. The minimum Gasteiger partial charge on any atom is -0.467 e. The Kier molecular flexibility index (Phi) is 3.51. The van der Waals surface area contributed by atoms with E-state index in [0.29, 0.717) is 12.2 Å². The maximum atomic E-state index is 12.5. The summed E-state index contributed by atoms with van der Waals surface area (Å²) in [4.78, 5) is 26.0. The Hall–Kier alpha value is -2.50. The highest BCUT2D eigenvalue weighted by atomic mass is 16.3. The first kappa shape index (κ1) is 13.5. The molecule has 6 heteroatoms. The van der Waals surface area contributed by atoms with Gasteiger partial charge in [0.05, 0.1) is 12.8 Å². The molecule has 0 spiro atoms. The van der Waals surface area contributed by atoms with Crippen molar-refractivity contribution in [3.05, 3.63) is 52.8 Å². The Morgan fingerprint density at radius 1 is 1.38 bits per heavy atom. The van der Waals surface area contributed by atoms with E-state index in [2.05, 4.69) is 0 Å². The van der Waals surface area contributed by atoms with Gasteiger partial charge in [0.2, 0.25) is 5.91 Å². The largest absolute Gasteiger partial charge is 0.467 e. The molecule has 0 aromatic carbocycles. The van der Waals surface area contributed by atoms with Crippen LogP contribution in [0.15, 0.2) is 45.9 Å². The maximum Gasteiger partial charge on any atom is 0.251 e. The van der Waals surface area contributed by atoms with E-state index >= 15 is 0 Å². The van der Waals surface area contributed by atoms with Gasteiger partial charge in [-0.25, -0.2) is 0 Å². The summed E-state index contributed by atoms with van der Waals surface area (Å²) in [6.07, 6.45) is 5.09. The number of carbonyl (C=O) groups excluding carboxylic acids is 1. The Balaban J connectivity index is 1.75. The first-order valence-electron chi connectivity index (χ1n) is 6.91. The lowest BCUT2D eigenvalue weighted by molar-refractivity contribution is -0.133. The Labute approximate surface area is 121 Å². The van der Waals surface area contributed by atoms with Crippen molar-refractivity contribution in [2.24, 2.45) is 0 Å². The molecule has 1 aliphatic rings. The van der Waals surface area contributed by atoms with E-state index in [1.54, 1.807) is 17.2 Å². The number of rotatable bonds is 5. The number of anilines is 1. The third-order valence-corrected chi connectivity index (χ3v) is 3.53. The van der Waals surface area contributed by atoms with Crippen molar-refractivity contribution in [1.29, 1.82) is 0 Å². The van der Waals surface area contributed by atoms with Crippen LogP contribution in [-0.2, 0) is 17.9 Å². The van der Waals surface area contributed by atoms with Gasteiger partial charge in [0.1, 0.15) is 12.3 Å². The fourth-order valence-corrected chi connectivity index (χ4v) is 2.29. The molecule has 0 bridgehead atoms. The van der Waals surface area contributed by atoms with Crippen LogP contribution in [0.1, 0.15) is 18.6 Å². The zero-order chi connectivity index (χ0) is 14.8. The van der Waals surface area contributed by atoms with Crippen molar-refractivity contribution in [2.45, 2.75) is 32.0 Å². The van der Waals surface area contributed by atoms with Crippen molar-refractivity contribution < 1.29 is 9.21 Å². The van der Waals surface area contributed by atoms with Gasteiger partial charge in [-0.3, -0.25) is 9.59 Å². The smallest absolute Gasteiger partial charge is 0.251 e. The molecule has 2 heterocycles. The monoisotopic (exact) mass is 287 g/mol. The average molecular weight is 287 g/mol. The van der Waals surface area contributed by atoms with Crippen molar-refractivity contribution in [3.63, 3.8) is 0 Å². The molecule has 3 rings (SSSR count). The number of nitrogens with zero attached hydrogens (tertiary/aromatic N) is 2. The van der Waals surface area contributed by atoms with Gasteiger partial charge in [-0.05, 0) is 31.0 Å². The number of amides is 1. The van der Waals surface area contributed by atoms with Crippen LogP contribution < -0.4 is 11.3 Å². The predicted molar refractivity (Wildman–Crippen MR) is 77.4 cm³/mol. The molecule has 21 heavy (non-hydrogen) atoms. The molecule has 1 aliphatic carbocycles. The molecule has 2 aromatic rings. The van der Waals surface area contributed by atoms with Gasteiger partial charge in [0.15, 0.2) is 0 Å². The second-order valence-corrected chi connectivity index (χ2v) is 5.26. The highest BCUT2D eigenvalue weighted by molar-refractivity contribution is 5.76. The molecule has 0 atom stereocenters. The fourth-order valence-electron chi connectivity index (χ4n) is 2.29. The van der Waals surface area contributed by atoms with E-state index in [-0.39, 0.29) is 24.1 Å². The quantitative estimate of drug-likeness (QED) is 0.896. The van der Waals surface area contributed by atoms with Gasteiger partial charge in [0.25, 0.3) is 5.56 Å². The Morgan fingerprint density at radius 2 is 2.19 bits per heavy atom. The van der Waals surface area contributed by atoms with Crippen LogP contribution >= 0.6 is 0 Å². The summed E-state index contributed by atoms with van der Waals surface area (Å²) in [5.74, 6) is 0.650. The molecular formula is C15H17N3O3. The van der Waals surface area contributed by atoms with Crippen LogP contribution in [0.4, 0.5) is 5.69 Å². The van der Waals surface area contributed by atoms with E-state index in [9.17, 15) is 9.59 Å². The number of hydrogen-bond acceptors (Lipinski definition) is 4. The predicted octanol–water partition coefficient (Wildman–Crippen LogP) is 1.21. The molecule has 2 N–H and O–H groups in total. The molecular weight excluding hydrogens is 270 g/mol. The molecule has 110 valence electrons. The summed E-state index contributed by atoms with van der Waals surface area (Å²) < 4.78 is 6.65. The van der Waals surface area contributed by atoms with E-state index in [0.717, 1.165) is 18.6 Å². The van der Waals surface area contributed by atoms with Crippen molar-refractivity contribution in [3.8, 4) is 0 Å². The molecule has 0 saturated heterocycles. The van der Waals surface area contributed by atoms with Gasteiger partial charge in [-0.15, -0.1) is 0 Å². The number of nitrogen functional groups attached to an aromatic ring is 1. The van der Waals surface area contributed by atoms with Crippen molar-refractivity contribution in [1.82, 2.24) is 9.47 Å².